The number of esters is 1. The first kappa shape index (κ1) is 15.7. The second-order valence-electron chi connectivity index (χ2n) is 4.47. The molecule has 0 bridgehead atoms. The van der Waals surface area contributed by atoms with Gasteiger partial charge in [-0.15, -0.1) is 0 Å². The van der Waals surface area contributed by atoms with Crippen LogP contribution in [0.25, 0.3) is 5.70 Å². The normalized spacial score (nSPS) is 21.7. The topological polar surface area (TPSA) is 85.2 Å². The number of azo groups is 1. The second kappa shape index (κ2) is 5.57. The molecule has 1 aliphatic rings. The third kappa shape index (κ3) is 2.84. The molecule has 1 heterocycles. The lowest BCUT2D eigenvalue weighted by Crippen LogP contribution is -2.37. The van der Waals surface area contributed by atoms with Crippen LogP contribution >= 0.6 is 10.7 Å². The Balaban J connectivity index is 2.66. The Morgan fingerprint density at radius 1 is 1.33 bits per heavy atom. The van der Waals surface area contributed by atoms with Crippen LogP contribution in [0.1, 0.15) is 19.4 Å². The first-order valence-electron chi connectivity index (χ1n) is 6.15. The molecular weight excluding hydrogens is 316 g/mol. The predicted octanol–water partition coefficient (Wildman–Crippen LogP) is 2.71. The van der Waals surface area contributed by atoms with Crippen LogP contribution in [0.5, 0.6) is 0 Å². The van der Waals surface area contributed by atoms with Gasteiger partial charge < -0.3 is 4.74 Å². The fourth-order valence-corrected chi connectivity index (χ4v) is 3.67. The van der Waals surface area contributed by atoms with E-state index in [1.54, 1.807) is 37.3 Å². The van der Waals surface area contributed by atoms with E-state index >= 15 is 0 Å². The van der Waals surface area contributed by atoms with E-state index in [1.165, 1.54) is 6.92 Å². The summed E-state index contributed by atoms with van der Waals surface area (Å²) in [5.41, 5.74) is -1.20. The first-order valence-corrected chi connectivity index (χ1v) is 8.46. The molecule has 2 rings (SSSR count). The minimum Gasteiger partial charge on any atom is -0.464 e. The minimum absolute atomic E-state index is 0.0566. The number of hydrogen-bond acceptors (Lipinski definition) is 6. The van der Waals surface area contributed by atoms with Gasteiger partial charge in [0, 0.05) is 16.2 Å². The third-order valence-corrected chi connectivity index (χ3v) is 4.51. The molecule has 6 nitrogen and oxygen atoms in total. The molecule has 1 aromatic carbocycles. The van der Waals surface area contributed by atoms with Crippen LogP contribution in [0.4, 0.5) is 0 Å². The molecule has 21 heavy (non-hydrogen) atoms. The number of carbonyl (C=O) groups excluding carboxylic acids is 1. The SMILES string of the molecule is CCOC(=O)C1(C)N=NC(c2ccccc2)=C1S(=O)(=O)Cl. The van der Waals surface area contributed by atoms with Gasteiger partial charge in [-0.25, -0.2) is 13.2 Å². The van der Waals surface area contributed by atoms with Crippen LogP contribution in [0.3, 0.4) is 0 Å². The van der Waals surface area contributed by atoms with Crippen molar-refractivity contribution in [3.05, 3.63) is 40.8 Å². The first-order chi connectivity index (χ1) is 9.80. The summed E-state index contributed by atoms with van der Waals surface area (Å²) in [5.74, 6) is -0.807. The van der Waals surface area contributed by atoms with Gasteiger partial charge in [-0.05, 0) is 13.8 Å². The van der Waals surface area contributed by atoms with Gasteiger partial charge in [0.1, 0.15) is 10.6 Å². The van der Waals surface area contributed by atoms with Crippen LogP contribution in [0.15, 0.2) is 45.5 Å². The van der Waals surface area contributed by atoms with Crippen LogP contribution < -0.4 is 0 Å². The van der Waals surface area contributed by atoms with Crippen molar-refractivity contribution in [1.29, 1.82) is 0 Å². The van der Waals surface area contributed by atoms with Crippen molar-refractivity contribution in [2.45, 2.75) is 19.4 Å². The molecule has 0 saturated heterocycles. The number of hydrogen-bond donors (Lipinski definition) is 0. The molecule has 1 unspecified atom stereocenters. The maximum absolute atomic E-state index is 12.1. The van der Waals surface area contributed by atoms with Crippen molar-refractivity contribution in [2.24, 2.45) is 10.2 Å². The summed E-state index contributed by atoms with van der Waals surface area (Å²) in [5, 5.41) is 7.66. The summed E-state index contributed by atoms with van der Waals surface area (Å²) in [6, 6.07) is 8.53. The van der Waals surface area contributed by atoms with Gasteiger partial charge in [0.05, 0.1) is 6.61 Å². The van der Waals surface area contributed by atoms with Gasteiger partial charge in [0.2, 0.25) is 5.54 Å². The van der Waals surface area contributed by atoms with E-state index in [1.807, 2.05) is 0 Å². The van der Waals surface area contributed by atoms with Crippen molar-refractivity contribution in [1.82, 2.24) is 0 Å². The average Bonchev–Trinajstić information content (AvgIpc) is 2.79. The molecule has 0 amide bonds. The summed E-state index contributed by atoms with van der Waals surface area (Å²) in [7, 11) is 1.29. The maximum Gasteiger partial charge on any atom is 0.341 e. The summed E-state index contributed by atoms with van der Waals surface area (Å²) in [6.07, 6.45) is 0. The van der Waals surface area contributed by atoms with Crippen molar-refractivity contribution in [3.63, 3.8) is 0 Å². The summed E-state index contributed by atoms with van der Waals surface area (Å²) in [4.78, 5) is 11.7. The van der Waals surface area contributed by atoms with Gasteiger partial charge in [-0.1, -0.05) is 30.3 Å². The molecule has 8 heteroatoms. The molecule has 0 fully saturated rings. The van der Waals surface area contributed by atoms with E-state index in [4.69, 9.17) is 15.4 Å². The molecule has 112 valence electrons. The van der Waals surface area contributed by atoms with Gasteiger partial charge >= 0.3 is 5.97 Å². The lowest BCUT2D eigenvalue weighted by atomic mass is 10.0. The zero-order valence-corrected chi connectivity index (χ0v) is 13.0. The Bertz CT molecular complexity index is 728. The van der Waals surface area contributed by atoms with Crippen molar-refractivity contribution in [3.8, 4) is 0 Å². The molecular formula is C13H13ClN2O4S. The highest BCUT2D eigenvalue weighted by atomic mass is 35.7. The van der Waals surface area contributed by atoms with Crippen molar-refractivity contribution < 1.29 is 17.9 Å². The Kier molecular flexibility index (Phi) is 4.15. The molecule has 0 aromatic heterocycles. The van der Waals surface area contributed by atoms with E-state index in [9.17, 15) is 13.2 Å². The van der Waals surface area contributed by atoms with Crippen molar-refractivity contribution in [2.75, 3.05) is 6.61 Å². The Hall–Kier alpha value is -1.73. The Labute approximate surface area is 126 Å². The molecule has 0 spiro atoms. The lowest BCUT2D eigenvalue weighted by molar-refractivity contribution is -0.147. The zero-order chi connectivity index (χ0) is 15.7. The number of rotatable bonds is 4. The zero-order valence-electron chi connectivity index (χ0n) is 11.4. The number of halogens is 1. The number of carbonyl (C=O) groups is 1. The summed E-state index contributed by atoms with van der Waals surface area (Å²) >= 11 is 0. The number of nitrogens with zero attached hydrogens (tertiary/aromatic N) is 2. The Morgan fingerprint density at radius 2 is 1.95 bits per heavy atom. The quantitative estimate of drug-likeness (QED) is 0.628. The summed E-state index contributed by atoms with van der Waals surface area (Å²) < 4.78 is 28.7. The molecule has 0 N–H and O–H groups in total. The van der Waals surface area contributed by atoms with E-state index in [0.717, 1.165) is 0 Å². The largest absolute Gasteiger partial charge is 0.464 e. The predicted molar refractivity (Wildman–Crippen MR) is 78.0 cm³/mol. The fourth-order valence-electron chi connectivity index (χ4n) is 2.01. The maximum atomic E-state index is 12.1. The highest BCUT2D eigenvalue weighted by molar-refractivity contribution is 8.17. The Morgan fingerprint density at radius 3 is 2.48 bits per heavy atom. The van der Waals surface area contributed by atoms with Gasteiger partial charge in [0.15, 0.2) is 0 Å². The molecule has 0 radical (unpaired) electrons. The number of ether oxygens (including phenoxy) is 1. The van der Waals surface area contributed by atoms with Crippen LogP contribution in [-0.2, 0) is 18.6 Å². The van der Waals surface area contributed by atoms with Crippen LogP contribution in [0.2, 0.25) is 0 Å². The summed E-state index contributed by atoms with van der Waals surface area (Å²) in [6.45, 7) is 3.03. The van der Waals surface area contributed by atoms with E-state index in [0.29, 0.717) is 5.56 Å². The van der Waals surface area contributed by atoms with E-state index in [-0.39, 0.29) is 17.2 Å². The molecule has 0 aliphatic carbocycles. The monoisotopic (exact) mass is 328 g/mol. The smallest absolute Gasteiger partial charge is 0.341 e. The third-order valence-electron chi connectivity index (χ3n) is 2.97. The van der Waals surface area contributed by atoms with Gasteiger partial charge in [0.25, 0.3) is 9.05 Å². The molecule has 1 aromatic rings. The van der Waals surface area contributed by atoms with E-state index in [2.05, 4.69) is 10.2 Å². The highest BCUT2D eigenvalue weighted by Crippen LogP contribution is 2.42. The van der Waals surface area contributed by atoms with Gasteiger partial charge in [-0.3, -0.25) is 0 Å². The van der Waals surface area contributed by atoms with Crippen molar-refractivity contribution >= 4 is 31.4 Å². The molecule has 1 atom stereocenters. The van der Waals surface area contributed by atoms with Crippen LogP contribution in [-0.4, -0.2) is 26.5 Å². The van der Waals surface area contributed by atoms with Gasteiger partial charge in [-0.2, -0.15) is 10.2 Å². The average molecular weight is 329 g/mol. The van der Waals surface area contributed by atoms with Crippen LogP contribution in [0, 0.1) is 0 Å². The standard InChI is InChI=1S/C13H13ClN2O4S/c1-3-20-12(17)13(2)11(21(14,18)19)10(15-16-13)9-7-5-4-6-8-9/h4-8H,3H2,1-2H3. The molecule has 1 aliphatic heterocycles. The molecule has 0 saturated carbocycles. The van der Waals surface area contributed by atoms with E-state index < -0.39 is 20.6 Å². The fraction of sp³-hybridized carbons (Fsp3) is 0.308. The highest BCUT2D eigenvalue weighted by Gasteiger charge is 2.50. The number of benzene rings is 1. The minimum atomic E-state index is -4.21. The second-order valence-corrected chi connectivity index (χ2v) is 6.98. The lowest BCUT2D eigenvalue weighted by Gasteiger charge is -2.19.